The molecule has 0 aromatic heterocycles. The van der Waals surface area contributed by atoms with E-state index in [9.17, 15) is 18.0 Å². The van der Waals surface area contributed by atoms with Crippen LogP contribution >= 0.6 is 11.6 Å². The van der Waals surface area contributed by atoms with Crippen molar-refractivity contribution in [2.45, 2.75) is 44.7 Å². The zero-order chi connectivity index (χ0) is 31.0. The van der Waals surface area contributed by atoms with Crippen LogP contribution in [0.5, 0.6) is 0 Å². The third kappa shape index (κ3) is 7.63. The molecule has 0 spiro atoms. The van der Waals surface area contributed by atoms with E-state index in [0.717, 1.165) is 21.0 Å². The van der Waals surface area contributed by atoms with Gasteiger partial charge in [-0.3, -0.25) is 13.9 Å². The normalized spacial score (nSPS) is 11.9. The van der Waals surface area contributed by atoms with E-state index in [1.165, 1.54) is 17.0 Å². The molecule has 0 saturated carbocycles. The number of hydrogen-bond donors (Lipinski definition) is 1. The third-order valence-corrected chi connectivity index (χ3v) is 9.53. The molecule has 0 radical (unpaired) electrons. The van der Waals surface area contributed by atoms with E-state index in [1.807, 2.05) is 68.4 Å². The van der Waals surface area contributed by atoms with Crippen molar-refractivity contribution in [3.8, 4) is 0 Å². The van der Waals surface area contributed by atoms with Crippen molar-refractivity contribution in [2.75, 3.05) is 17.4 Å². The van der Waals surface area contributed by atoms with E-state index >= 15 is 0 Å². The lowest BCUT2D eigenvalue weighted by Crippen LogP contribution is -2.53. The average molecular weight is 618 g/mol. The first-order valence-corrected chi connectivity index (χ1v) is 15.9. The van der Waals surface area contributed by atoms with E-state index in [4.69, 9.17) is 11.6 Å². The van der Waals surface area contributed by atoms with E-state index < -0.39 is 28.5 Å². The molecule has 2 amide bonds. The second-order valence-electron chi connectivity index (χ2n) is 10.3. The summed E-state index contributed by atoms with van der Waals surface area (Å²) >= 11 is 6.43. The van der Waals surface area contributed by atoms with Gasteiger partial charge < -0.3 is 10.2 Å². The van der Waals surface area contributed by atoms with Gasteiger partial charge in [0.15, 0.2) is 0 Å². The first-order chi connectivity index (χ1) is 20.6. The fraction of sp³-hybridized carbons (Fsp3) is 0.235. The summed E-state index contributed by atoms with van der Waals surface area (Å²) in [5, 5.41) is 3.25. The molecule has 0 saturated heterocycles. The van der Waals surface area contributed by atoms with Crippen molar-refractivity contribution >= 4 is 39.1 Å². The van der Waals surface area contributed by atoms with E-state index in [-0.39, 0.29) is 29.5 Å². The number of sulfonamides is 1. The molecule has 0 aliphatic carbocycles. The number of anilines is 1. The number of carbonyl (C=O) groups excluding carboxylic acids is 2. The predicted octanol–water partition coefficient (Wildman–Crippen LogP) is 5.93. The molecular weight excluding hydrogens is 582 g/mol. The molecule has 1 unspecified atom stereocenters. The smallest absolute Gasteiger partial charge is 0.264 e. The quantitative estimate of drug-likeness (QED) is 0.214. The van der Waals surface area contributed by atoms with Gasteiger partial charge in [-0.2, -0.15) is 0 Å². The molecule has 0 aliphatic heterocycles. The van der Waals surface area contributed by atoms with Gasteiger partial charge in [-0.1, -0.05) is 90.5 Å². The monoisotopic (exact) mass is 617 g/mol. The highest BCUT2D eigenvalue weighted by Gasteiger charge is 2.35. The molecule has 4 aromatic rings. The zero-order valence-corrected chi connectivity index (χ0v) is 26.1. The van der Waals surface area contributed by atoms with Crippen LogP contribution in [-0.2, 0) is 32.6 Å². The Balaban J connectivity index is 1.83. The third-order valence-electron chi connectivity index (χ3n) is 7.34. The molecule has 0 bridgehead atoms. The van der Waals surface area contributed by atoms with Crippen LogP contribution in [0.2, 0.25) is 5.02 Å². The van der Waals surface area contributed by atoms with Gasteiger partial charge in [-0.15, -0.1) is 0 Å². The van der Waals surface area contributed by atoms with Crippen molar-refractivity contribution in [2.24, 2.45) is 0 Å². The Morgan fingerprint density at radius 3 is 2.12 bits per heavy atom. The Morgan fingerprint density at radius 2 is 1.47 bits per heavy atom. The van der Waals surface area contributed by atoms with Crippen LogP contribution in [-0.4, -0.2) is 44.3 Å². The van der Waals surface area contributed by atoms with Crippen LogP contribution in [0.3, 0.4) is 0 Å². The van der Waals surface area contributed by atoms with Gasteiger partial charge in [-0.25, -0.2) is 8.42 Å². The summed E-state index contributed by atoms with van der Waals surface area (Å²) in [6, 6.07) is 29.1. The van der Waals surface area contributed by atoms with Gasteiger partial charge in [0.2, 0.25) is 11.8 Å². The minimum Gasteiger partial charge on any atom is -0.355 e. The maximum Gasteiger partial charge on any atom is 0.264 e. The van der Waals surface area contributed by atoms with Crippen LogP contribution in [0.25, 0.3) is 0 Å². The van der Waals surface area contributed by atoms with Crippen LogP contribution < -0.4 is 9.62 Å². The largest absolute Gasteiger partial charge is 0.355 e. The molecule has 4 aromatic carbocycles. The highest BCUT2D eigenvalue weighted by Crippen LogP contribution is 2.31. The second kappa shape index (κ2) is 14.4. The van der Waals surface area contributed by atoms with E-state index in [1.54, 1.807) is 43.3 Å². The van der Waals surface area contributed by atoms with Crippen molar-refractivity contribution < 1.29 is 18.0 Å². The highest BCUT2D eigenvalue weighted by molar-refractivity contribution is 7.92. The summed E-state index contributed by atoms with van der Waals surface area (Å²) < 4.78 is 29.3. The number of hydrogen-bond acceptors (Lipinski definition) is 4. The number of nitrogens with one attached hydrogen (secondary N) is 1. The molecule has 0 heterocycles. The van der Waals surface area contributed by atoms with E-state index in [2.05, 4.69) is 5.32 Å². The van der Waals surface area contributed by atoms with Gasteiger partial charge in [0.05, 0.1) is 10.6 Å². The van der Waals surface area contributed by atoms with E-state index in [0.29, 0.717) is 17.1 Å². The van der Waals surface area contributed by atoms with Crippen LogP contribution in [0.1, 0.15) is 29.2 Å². The molecule has 224 valence electrons. The van der Waals surface area contributed by atoms with Gasteiger partial charge in [-0.05, 0) is 67.3 Å². The molecule has 1 atom stereocenters. The van der Waals surface area contributed by atoms with Crippen molar-refractivity contribution in [1.29, 1.82) is 0 Å². The molecule has 4 rings (SSSR count). The Hall–Kier alpha value is -4.14. The molecule has 1 N–H and O–H groups in total. The number of amides is 2. The maximum atomic E-state index is 14.5. The number of likely N-dealkylation sites (N-methyl/N-ethyl adjacent to an activating group) is 1. The summed E-state index contributed by atoms with van der Waals surface area (Å²) in [5.41, 5.74) is 3.49. The standard InChI is InChI=1S/C34H36ClN3O4S/c1-4-36-34(40)32(22-27-15-7-5-8-16-27)37(23-28-17-12-11-14-25(28)2)33(39)24-38(31-21-13-20-30(35)26(31)3)43(41,42)29-18-9-6-10-19-29/h5-21,32H,4,22-24H2,1-3H3,(H,36,40). The van der Waals surface area contributed by atoms with Gasteiger partial charge in [0.25, 0.3) is 10.0 Å². The topological polar surface area (TPSA) is 86.8 Å². The first kappa shape index (κ1) is 31.8. The lowest BCUT2D eigenvalue weighted by atomic mass is 10.0. The number of halogens is 1. The number of aryl methyl sites for hydroxylation is 1. The molecular formula is C34H36ClN3O4S. The number of rotatable bonds is 12. The Kier molecular flexibility index (Phi) is 10.6. The van der Waals surface area contributed by atoms with Crippen molar-refractivity contribution in [1.82, 2.24) is 10.2 Å². The summed E-state index contributed by atoms with van der Waals surface area (Å²) in [4.78, 5) is 29.6. The summed E-state index contributed by atoms with van der Waals surface area (Å²) in [7, 11) is -4.19. The molecule has 0 aliphatic rings. The number of nitrogens with zero attached hydrogens (tertiary/aromatic N) is 2. The van der Waals surface area contributed by atoms with Gasteiger partial charge in [0, 0.05) is 24.5 Å². The Bertz CT molecular complexity index is 1660. The Morgan fingerprint density at radius 1 is 0.837 bits per heavy atom. The zero-order valence-electron chi connectivity index (χ0n) is 24.5. The predicted molar refractivity (Wildman–Crippen MR) is 172 cm³/mol. The van der Waals surface area contributed by atoms with Crippen molar-refractivity contribution in [3.05, 3.63) is 130 Å². The van der Waals surface area contributed by atoms with Crippen LogP contribution in [0.15, 0.2) is 108 Å². The Labute approximate surface area is 259 Å². The van der Waals surface area contributed by atoms with Gasteiger partial charge >= 0.3 is 0 Å². The number of benzene rings is 4. The summed E-state index contributed by atoms with van der Waals surface area (Å²) in [5.74, 6) is -0.834. The molecule has 7 nitrogen and oxygen atoms in total. The van der Waals surface area contributed by atoms with Crippen LogP contribution in [0, 0.1) is 13.8 Å². The molecule has 0 fully saturated rings. The molecule has 43 heavy (non-hydrogen) atoms. The van der Waals surface area contributed by atoms with Crippen LogP contribution in [0.4, 0.5) is 5.69 Å². The second-order valence-corrected chi connectivity index (χ2v) is 12.5. The van der Waals surface area contributed by atoms with Gasteiger partial charge in [0.1, 0.15) is 12.6 Å². The lowest BCUT2D eigenvalue weighted by molar-refractivity contribution is -0.140. The highest BCUT2D eigenvalue weighted by atomic mass is 35.5. The lowest BCUT2D eigenvalue weighted by Gasteiger charge is -2.34. The summed E-state index contributed by atoms with van der Waals surface area (Å²) in [6.07, 6.45) is 0.256. The van der Waals surface area contributed by atoms with Crippen molar-refractivity contribution in [3.63, 3.8) is 0 Å². The fourth-order valence-electron chi connectivity index (χ4n) is 4.92. The maximum absolute atomic E-state index is 14.5. The SMILES string of the molecule is CCNC(=O)C(Cc1ccccc1)N(Cc1ccccc1C)C(=O)CN(c1cccc(Cl)c1C)S(=O)(=O)c1ccccc1. The minimum absolute atomic E-state index is 0.0391. The first-order valence-electron chi connectivity index (χ1n) is 14.1. The fourth-order valence-corrected chi connectivity index (χ4v) is 6.58. The minimum atomic E-state index is -4.19. The average Bonchev–Trinajstić information content (AvgIpc) is 3.01. The summed E-state index contributed by atoms with van der Waals surface area (Å²) in [6.45, 7) is 5.45. The number of carbonyl (C=O) groups is 2. The molecule has 9 heteroatoms.